The highest BCUT2D eigenvalue weighted by Crippen LogP contribution is 2.18. The standard InChI is InChI=1S/C18H29N3O3/c1-7-21(13(4)12(2)3)18(23)20-16-10-8-9-15(11-16)19-17(22)14(5)24-6/h8-14H,7H2,1-6H3,(H,19,22)(H,20,23)/t13-,14-/m1/s1. The van der Waals surface area contributed by atoms with Gasteiger partial charge in [-0.2, -0.15) is 0 Å². The molecule has 2 atom stereocenters. The fourth-order valence-electron chi connectivity index (χ4n) is 2.20. The summed E-state index contributed by atoms with van der Waals surface area (Å²) in [6.07, 6.45) is -0.536. The molecule has 0 saturated heterocycles. The Morgan fingerprint density at radius 2 is 1.71 bits per heavy atom. The van der Waals surface area contributed by atoms with E-state index in [1.54, 1.807) is 36.1 Å². The molecule has 6 nitrogen and oxygen atoms in total. The minimum atomic E-state index is -0.536. The zero-order valence-corrected chi connectivity index (χ0v) is 15.4. The molecule has 0 bridgehead atoms. The molecule has 0 aromatic heterocycles. The Morgan fingerprint density at radius 1 is 1.12 bits per heavy atom. The molecule has 0 saturated carbocycles. The van der Waals surface area contributed by atoms with Gasteiger partial charge in [0, 0.05) is 31.1 Å². The van der Waals surface area contributed by atoms with E-state index in [0.29, 0.717) is 23.8 Å². The first kappa shape index (κ1) is 20.0. The fraction of sp³-hybridized carbons (Fsp3) is 0.556. The van der Waals surface area contributed by atoms with Crippen LogP contribution in [0.15, 0.2) is 24.3 Å². The first-order valence-electron chi connectivity index (χ1n) is 8.31. The second-order valence-corrected chi connectivity index (χ2v) is 6.15. The Hall–Kier alpha value is -2.08. The highest BCUT2D eigenvalue weighted by atomic mass is 16.5. The summed E-state index contributed by atoms with van der Waals surface area (Å²) in [5, 5.41) is 5.65. The zero-order valence-electron chi connectivity index (χ0n) is 15.4. The number of anilines is 2. The topological polar surface area (TPSA) is 70.7 Å². The van der Waals surface area contributed by atoms with Crippen LogP contribution >= 0.6 is 0 Å². The molecule has 0 fully saturated rings. The summed E-state index contributed by atoms with van der Waals surface area (Å²) in [4.78, 5) is 26.1. The predicted molar refractivity (Wildman–Crippen MR) is 97.2 cm³/mol. The molecule has 0 radical (unpaired) electrons. The first-order valence-corrected chi connectivity index (χ1v) is 8.31. The van der Waals surface area contributed by atoms with Crippen LogP contribution in [-0.2, 0) is 9.53 Å². The summed E-state index contributed by atoms with van der Waals surface area (Å²) in [7, 11) is 1.48. The number of nitrogens with one attached hydrogen (secondary N) is 2. The summed E-state index contributed by atoms with van der Waals surface area (Å²) >= 11 is 0. The number of rotatable bonds is 7. The van der Waals surface area contributed by atoms with Gasteiger partial charge < -0.3 is 20.3 Å². The lowest BCUT2D eigenvalue weighted by Gasteiger charge is -2.31. The third kappa shape index (κ3) is 5.53. The Morgan fingerprint density at radius 3 is 2.21 bits per heavy atom. The van der Waals surface area contributed by atoms with Gasteiger partial charge in [-0.3, -0.25) is 4.79 Å². The van der Waals surface area contributed by atoms with E-state index in [1.165, 1.54) is 7.11 Å². The van der Waals surface area contributed by atoms with E-state index >= 15 is 0 Å². The second-order valence-electron chi connectivity index (χ2n) is 6.15. The van der Waals surface area contributed by atoms with Crippen molar-refractivity contribution in [1.29, 1.82) is 0 Å². The Bertz CT molecular complexity index is 560. The van der Waals surface area contributed by atoms with Gasteiger partial charge >= 0.3 is 6.03 Å². The van der Waals surface area contributed by atoms with Crippen molar-refractivity contribution in [3.8, 4) is 0 Å². The van der Waals surface area contributed by atoms with Gasteiger partial charge in [-0.15, -0.1) is 0 Å². The predicted octanol–water partition coefficient (Wildman–Crippen LogP) is 3.56. The summed E-state index contributed by atoms with van der Waals surface area (Å²) in [5.74, 6) is 0.140. The first-order chi connectivity index (χ1) is 11.3. The monoisotopic (exact) mass is 335 g/mol. The van der Waals surface area contributed by atoms with E-state index in [2.05, 4.69) is 24.5 Å². The van der Waals surface area contributed by atoms with E-state index in [9.17, 15) is 9.59 Å². The SMILES string of the molecule is CCN(C(=O)Nc1cccc(NC(=O)[C@@H](C)OC)c1)[C@H](C)C(C)C. The maximum absolute atomic E-state index is 12.5. The molecule has 0 spiro atoms. The average molecular weight is 335 g/mol. The van der Waals surface area contributed by atoms with Gasteiger partial charge in [-0.25, -0.2) is 4.79 Å². The average Bonchev–Trinajstić information content (AvgIpc) is 2.54. The highest BCUT2D eigenvalue weighted by Gasteiger charge is 2.21. The molecular formula is C18H29N3O3. The number of nitrogens with zero attached hydrogens (tertiary/aromatic N) is 1. The van der Waals surface area contributed by atoms with Crippen LogP contribution in [0, 0.1) is 5.92 Å². The number of benzene rings is 1. The van der Waals surface area contributed by atoms with Crippen LogP contribution in [0.3, 0.4) is 0 Å². The van der Waals surface area contributed by atoms with Crippen molar-refractivity contribution >= 4 is 23.3 Å². The molecule has 2 N–H and O–H groups in total. The van der Waals surface area contributed by atoms with E-state index in [1.807, 2.05) is 13.8 Å². The molecule has 134 valence electrons. The number of carbonyl (C=O) groups is 2. The molecule has 24 heavy (non-hydrogen) atoms. The van der Waals surface area contributed by atoms with Crippen molar-refractivity contribution in [3.05, 3.63) is 24.3 Å². The van der Waals surface area contributed by atoms with Crippen LogP contribution in [-0.4, -0.2) is 42.6 Å². The molecule has 1 rings (SSSR count). The zero-order chi connectivity index (χ0) is 18.3. The van der Waals surface area contributed by atoms with Crippen molar-refractivity contribution < 1.29 is 14.3 Å². The van der Waals surface area contributed by atoms with Crippen molar-refractivity contribution in [2.45, 2.75) is 46.8 Å². The van der Waals surface area contributed by atoms with Crippen molar-refractivity contribution in [3.63, 3.8) is 0 Å². The molecule has 0 aliphatic carbocycles. The second kappa shape index (κ2) is 9.27. The maximum Gasteiger partial charge on any atom is 0.322 e. The van der Waals surface area contributed by atoms with Crippen LogP contribution in [0.2, 0.25) is 0 Å². The van der Waals surface area contributed by atoms with Gasteiger partial charge in [0.2, 0.25) is 0 Å². The van der Waals surface area contributed by atoms with Gasteiger partial charge in [0.05, 0.1) is 0 Å². The summed E-state index contributed by atoms with van der Waals surface area (Å²) in [6.45, 7) is 10.5. The lowest BCUT2D eigenvalue weighted by atomic mass is 10.1. The summed E-state index contributed by atoms with van der Waals surface area (Å²) < 4.78 is 4.99. The molecule has 1 aromatic carbocycles. The van der Waals surface area contributed by atoms with Gasteiger partial charge in [-0.05, 0) is 44.9 Å². The van der Waals surface area contributed by atoms with Crippen molar-refractivity contribution in [2.24, 2.45) is 5.92 Å². The number of carbonyl (C=O) groups excluding carboxylic acids is 2. The van der Waals surface area contributed by atoms with Crippen LogP contribution in [0.5, 0.6) is 0 Å². The van der Waals surface area contributed by atoms with Crippen molar-refractivity contribution in [1.82, 2.24) is 4.90 Å². The smallest absolute Gasteiger partial charge is 0.322 e. The molecular weight excluding hydrogens is 306 g/mol. The summed E-state index contributed by atoms with van der Waals surface area (Å²) in [5.41, 5.74) is 1.25. The number of hydrogen-bond donors (Lipinski definition) is 2. The van der Waals surface area contributed by atoms with Crippen LogP contribution in [0.25, 0.3) is 0 Å². The minimum absolute atomic E-state index is 0.139. The van der Waals surface area contributed by atoms with Gasteiger partial charge in [0.1, 0.15) is 6.10 Å². The third-order valence-corrected chi connectivity index (χ3v) is 4.16. The van der Waals surface area contributed by atoms with Crippen molar-refractivity contribution in [2.75, 3.05) is 24.3 Å². The molecule has 3 amide bonds. The molecule has 1 aromatic rings. The molecule has 0 unspecified atom stereocenters. The Kier molecular flexibility index (Phi) is 7.71. The number of methoxy groups -OCH3 is 1. The maximum atomic E-state index is 12.5. The normalized spacial score (nSPS) is 13.3. The van der Waals surface area contributed by atoms with Crippen LogP contribution < -0.4 is 10.6 Å². The van der Waals surface area contributed by atoms with E-state index < -0.39 is 6.10 Å². The number of amides is 3. The fourth-order valence-corrected chi connectivity index (χ4v) is 2.20. The Balaban J connectivity index is 2.79. The van der Waals surface area contributed by atoms with E-state index in [-0.39, 0.29) is 18.0 Å². The van der Waals surface area contributed by atoms with Gasteiger partial charge in [0.15, 0.2) is 0 Å². The van der Waals surface area contributed by atoms with Crippen LogP contribution in [0.1, 0.15) is 34.6 Å². The van der Waals surface area contributed by atoms with E-state index in [0.717, 1.165) is 0 Å². The molecule has 0 heterocycles. The number of ether oxygens (including phenoxy) is 1. The Labute approximate surface area is 144 Å². The van der Waals surface area contributed by atoms with Crippen LogP contribution in [0.4, 0.5) is 16.2 Å². The molecule has 0 aliphatic heterocycles. The van der Waals surface area contributed by atoms with Gasteiger partial charge in [0.25, 0.3) is 5.91 Å². The highest BCUT2D eigenvalue weighted by molar-refractivity contribution is 5.95. The lowest BCUT2D eigenvalue weighted by Crippen LogP contribution is -2.43. The largest absolute Gasteiger partial charge is 0.372 e. The summed E-state index contributed by atoms with van der Waals surface area (Å²) in [6, 6.07) is 7.07. The minimum Gasteiger partial charge on any atom is -0.372 e. The molecule has 0 aliphatic rings. The van der Waals surface area contributed by atoms with Gasteiger partial charge in [-0.1, -0.05) is 19.9 Å². The lowest BCUT2D eigenvalue weighted by molar-refractivity contribution is -0.124. The number of urea groups is 1. The number of hydrogen-bond acceptors (Lipinski definition) is 3. The molecule has 6 heteroatoms. The quantitative estimate of drug-likeness (QED) is 0.800. The van der Waals surface area contributed by atoms with E-state index in [4.69, 9.17) is 4.74 Å². The third-order valence-electron chi connectivity index (χ3n) is 4.16.